The minimum atomic E-state index is -0.263. The van der Waals surface area contributed by atoms with Gasteiger partial charge in [-0.3, -0.25) is 4.79 Å². The topological polar surface area (TPSA) is 129 Å². The van der Waals surface area contributed by atoms with E-state index in [4.69, 9.17) is 21.6 Å². The number of nitrogens with zero attached hydrogens (tertiary/aromatic N) is 4. The number of tetrazole rings is 1. The van der Waals surface area contributed by atoms with E-state index in [1.165, 1.54) is 6.20 Å². The minimum Gasteiger partial charge on any atom is -0.480 e. The van der Waals surface area contributed by atoms with Crippen molar-refractivity contribution in [1.82, 2.24) is 20.6 Å². The Kier molecular flexibility index (Phi) is 3.59. The molecule has 0 unspecified atom stereocenters. The smallest absolute Gasteiger partial charge is 0.262 e. The molecule has 110 valence electrons. The summed E-state index contributed by atoms with van der Waals surface area (Å²) >= 11 is 6.10. The summed E-state index contributed by atoms with van der Waals surface area (Å²) in [6, 6.07) is 5.19. The number of carbonyl (C=O) groups excluding carboxylic acids is 1. The second-order valence-corrected chi connectivity index (χ2v) is 4.63. The number of hydrogen-bond acceptors (Lipinski definition) is 7. The van der Waals surface area contributed by atoms with Crippen molar-refractivity contribution in [2.45, 2.75) is 0 Å². The maximum Gasteiger partial charge on any atom is 0.262 e. The number of ether oxygens (including phenoxy) is 1. The lowest BCUT2D eigenvalue weighted by molar-refractivity contribution is -0.118. The van der Waals surface area contributed by atoms with Crippen molar-refractivity contribution in [3.05, 3.63) is 29.2 Å². The zero-order chi connectivity index (χ0) is 15.5. The summed E-state index contributed by atoms with van der Waals surface area (Å²) in [5, 5.41) is 28.0. The van der Waals surface area contributed by atoms with Crippen LogP contribution >= 0.6 is 11.6 Å². The molecule has 2 aromatic rings. The van der Waals surface area contributed by atoms with Gasteiger partial charge in [0.1, 0.15) is 11.6 Å². The summed E-state index contributed by atoms with van der Waals surface area (Å²) in [6.07, 6.45) is 1.41. The predicted molar refractivity (Wildman–Crippen MR) is 77.0 cm³/mol. The van der Waals surface area contributed by atoms with Gasteiger partial charge in [-0.15, -0.1) is 10.2 Å². The number of hydrogen-bond donors (Lipinski definition) is 3. The molecule has 1 aliphatic heterocycles. The van der Waals surface area contributed by atoms with E-state index < -0.39 is 0 Å². The van der Waals surface area contributed by atoms with E-state index in [9.17, 15) is 4.79 Å². The number of anilines is 2. The fraction of sp³-hybridized carbons (Fsp3) is 0.0833. The maximum atomic E-state index is 11.3. The predicted octanol–water partition coefficient (Wildman–Crippen LogP) is 1.16. The monoisotopic (exact) mass is 317 g/mol. The number of fused-ring (bicyclic) bond motifs is 1. The van der Waals surface area contributed by atoms with Crippen LogP contribution in [-0.4, -0.2) is 33.1 Å². The third kappa shape index (κ3) is 2.68. The average molecular weight is 318 g/mol. The first-order valence-corrected chi connectivity index (χ1v) is 6.42. The molecule has 0 bridgehead atoms. The Bertz CT molecular complexity index is 795. The van der Waals surface area contributed by atoms with Crippen LogP contribution in [0.25, 0.3) is 5.57 Å². The second kappa shape index (κ2) is 5.71. The van der Waals surface area contributed by atoms with Crippen molar-refractivity contribution in [2.75, 3.05) is 17.2 Å². The molecule has 1 aliphatic rings. The summed E-state index contributed by atoms with van der Waals surface area (Å²) in [6.45, 7) is -0.0736. The first-order valence-electron chi connectivity index (χ1n) is 6.04. The highest BCUT2D eigenvalue weighted by molar-refractivity contribution is 6.33. The van der Waals surface area contributed by atoms with Crippen molar-refractivity contribution in [1.29, 1.82) is 5.26 Å². The largest absolute Gasteiger partial charge is 0.480 e. The van der Waals surface area contributed by atoms with Crippen molar-refractivity contribution in [3.8, 4) is 11.8 Å². The van der Waals surface area contributed by atoms with Gasteiger partial charge in [0.05, 0.1) is 10.7 Å². The highest BCUT2D eigenvalue weighted by Gasteiger charge is 2.19. The normalized spacial score (nSPS) is 13.6. The number of halogens is 1. The zero-order valence-electron chi connectivity index (χ0n) is 10.9. The van der Waals surface area contributed by atoms with Crippen molar-refractivity contribution in [2.24, 2.45) is 0 Å². The lowest BCUT2D eigenvalue weighted by Gasteiger charge is -2.19. The van der Waals surface area contributed by atoms with E-state index in [2.05, 4.69) is 31.3 Å². The Morgan fingerprint density at radius 3 is 3.14 bits per heavy atom. The van der Waals surface area contributed by atoms with Gasteiger partial charge in [-0.25, -0.2) is 0 Å². The van der Waals surface area contributed by atoms with E-state index in [-0.39, 0.29) is 23.9 Å². The summed E-state index contributed by atoms with van der Waals surface area (Å²) in [4.78, 5) is 11.3. The van der Waals surface area contributed by atoms with Gasteiger partial charge in [-0.2, -0.15) is 10.5 Å². The Balaban J connectivity index is 1.87. The van der Waals surface area contributed by atoms with Crippen molar-refractivity contribution < 1.29 is 9.53 Å². The summed E-state index contributed by atoms with van der Waals surface area (Å²) in [7, 11) is 0. The van der Waals surface area contributed by atoms with E-state index in [0.29, 0.717) is 22.1 Å². The van der Waals surface area contributed by atoms with Gasteiger partial charge in [-0.1, -0.05) is 11.6 Å². The second-order valence-electron chi connectivity index (χ2n) is 4.22. The van der Waals surface area contributed by atoms with Crippen LogP contribution < -0.4 is 15.4 Å². The fourth-order valence-electron chi connectivity index (χ4n) is 1.82. The molecule has 0 aliphatic carbocycles. The number of nitrogens with one attached hydrogen (secondary N) is 3. The van der Waals surface area contributed by atoms with E-state index >= 15 is 0 Å². The molecule has 0 atom stereocenters. The van der Waals surface area contributed by atoms with Crippen LogP contribution in [0.3, 0.4) is 0 Å². The molecule has 0 saturated carbocycles. The number of H-pyrrole nitrogens is 1. The average Bonchev–Trinajstić information content (AvgIpc) is 3.01. The highest BCUT2D eigenvalue weighted by atomic mass is 35.5. The van der Waals surface area contributed by atoms with Crippen LogP contribution in [0.1, 0.15) is 5.82 Å². The maximum absolute atomic E-state index is 11.3. The number of amides is 1. The molecule has 3 N–H and O–H groups in total. The number of rotatable bonds is 3. The van der Waals surface area contributed by atoms with Crippen LogP contribution in [-0.2, 0) is 4.79 Å². The first-order chi connectivity index (χ1) is 10.7. The van der Waals surface area contributed by atoms with E-state index in [1.54, 1.807) is 12.1 Å². The van der Waals surface area contributed by atoms with Gasteiger partial charge >= 0.3 is 0 Å². The molecule has 9 nitrogen and oxygen atoms in total. The number of aromatic amines is 1. The third-order valence-electron chi connectivity index (χ3n) is 2.76. The summed E-state index contributed by atoms with van der Waals surface area (Å²) in [5.41, 5.74) is 1.20. The Labute approximate surface area is 128 Å². The molecule has 22 heavy (non-hydrogen) atoms. The quantitative estimate of drug-likeness (QED) is 0.724. The molecule has 1 aromatic heterocycles. The van der Waals surface area contributed by atoms with Crippen LogP contribution in [0.2, 0.25) is 5.02 Å². The summed E-state index contributed by atoms with van der Waals surface area (Å²) in [5.74, 6) is 0.311. The zero-order valence-corrected chi connectivity index (χ0v) is 11.7. The van der Waals surface area contributed by atoms with Gasteiger partial charge in [0, 0.05) is 11.9 Å². The molecule has 2 heterocycles. The van der Waals surface area contributed by atoms with Gasteiger partial charge in [0.15, 0.2) is 12.4 Å². The molecule has 0 spiro atoms. The minimum absolute atomic E-state index is 0.0736. The summed E-state index contributed by atoms with van der Waals surface area (Å²) < 4.78 is 5.26. The lowest BCUT2D eigenvalue weighted by Crippen LogP contribution is -2.25. The van der Waals surface area contributed by atoms with Gasteiger partial charge in [0.25, 0.3) is 5.91 Å². The molecular weight excluding hydrogens is 310 g/mol. The van der Waals surface area contributed by atoms with E-state index in [1.807, 2.05) is 6.07 Å². The van der Waals surface area contributed by atoms with Gasteiger partial charge in [-0.05, 0) is 17.3 Å². The number of benzene rings is 1. The Hall–Kier alpha value is -3.12. The van der Waals surface area contributed by atoms with Gasteiger partial charge in [0.2, 0.25) is 5.82 Å². The molecule has 1 aromatic carbocycles. The highest BCUT2D eigenvalue weighted by Crippen LogP contribution is 2.38. The van der Waals surface area contributed by atoms with Crippen LogP contribution in [0.15, 0.2) is 18.3 Å². The fourth-order valence-corrected chi connectivity index (χ4v) is 2.09. The van der Waals surface area contributed by atoms with Crippen molar-refractivity contribution >= 4 is 34.5 Å². The molecule has 0 saturated heterocycles. The van der Waals surface area contributed by atoms with E-state index in [0.717, 1.165) is 0 Å². The SMILES string of the molecule is N#CC(=CNc1cc(Cl)c2c(c1)NC(=O)CO2)c1nn[nH]n1. The van der Waals surface area contributed by atoms with Crippen LogP contribution in [0.4, 0.5) is 11.4 Å². The Morgan fingerprint density at radius 1 is 1.55 bits per heavy atom. The molecule has 10 heteroatoms. The standard InChI is InChI=1S/C12H8ClN7O2/c13-8-1-7(2-9-11(8)22-5-10(21)16-9)15-4-6(3-14)12-17-19-20-18-12/h1-2,4,15H,5H2,(H,16,21)(H,17,18,19,20). The molecule has 3 rings (SSSR count). The number of aromatic nitrogens is 4. The lowest BCUT2D eigenvalue weighted by atomic mass is 10.2. The molecular formula is C12H8ClN7O2. The van der Waals surface area contributed by atoms with Crippen molar-refractivity contribution in [3.63, 3.8) is 0 Å². The molecule has 0 radical (unpaired) electrons. The first kappa shape index (κ1) is 13.8. The van der Waals surface area contributed by atoms with Gasteiger partial charge < -0.3 is 15.4 Å². The molecule has 0 fully saturated rings. The van der Waals surface area contributed by atoms with Crippen LogP contribution in [0.5, 0.6) is 5.75 Å². The molecule has 1 amide bonds. The Morgan fingerprint density at radius 2 is 2.41 bits per heavy atom. The third-order valence-corrected chi connectivity index (χ3v) is 3.04. The number of carbonyl (C=O) groups is 1. The number of allylic oxidation sites excluding steroid dienone is 1. The number of nitriles is 1. The van der Waals surface area contributed by atoms with Crippen LogP contribution in [0, 0.1) is 11.3 Å².